The molecule has 0 saturated heterocycles. The van der Waals surface area contributed by atoms with Crippen LogP contribution in [0.4, 0.5) is 5.69 Å². The van der Waals surface area contributed by atoms with Crippen molar-refractivity contribution in [2.75, 3.05) is 6.54 Å². The summed E-state index contributed by atoms with van der Waals surface area (Å²) in [6.07, 6.45) is 0.683. The Morgan fingerprint density at radius 3 is 2.72 bits per heavy atom. The Morgan fingerprint density at radius 1 is 1.32 bits per heavy atom. The lowest BCUT2D eigenvalue weighted by molar-refractivity contribution is -0.387. The molecule has 3 rings (SSSR count). The topological polar surface area (TPSA) is 80.5 Å². The predicted octanol–water partition coefficient (Wildman–Crippen LogP) is 4.29. The average molecular weight is 399 g/mol. The molecule has 2 atom stereocenters. The number of thioether (sulfide) groups is 1. The number of nitrogens with zero attached hydrogens (tertiary/aromatic N) is 2. The molecule has 0 saturated carbocycles. The largest absolute Gasteiger partial charge is 0.289 e. The summed E-state index contributed by atoms with van der Waals surface area (Å²) in [5.74, 6) is 0. The zero-order valence-corrected chi connectivity index (χ0v) is 16.2. The van der Waals surface area contributed by atoms with Gasteiger partial charge in [0.15, 0.2) is 4.90 Å². The van der Waals surface area contributed by atoms with Crippen LogP contribution in [-0.2, 0) is 10.0 Å². The van der Waals surface area contributed by atoms with E-state index in [2.05, 4.69) is 6.92 Å². The fourth-order valence-corrected chi connectivity index (χ4v) is 7.43. The molecule has 1 aliphatic rings. The number of sulfonamides is 1. The summed E-state index contributed by atoms with van der Waals surface area (Å²) < 4.78 is 29.0. The summed E-state index contributed by atoms with van der Waals surface area (Å²) >= 11 is 3.36. The van der Waals surface area contributed by atoms with Crippen molar-refractivity contribution in [2.45, 2.75) is 40.7 Å². The van der Waals surface area contributed by atoms with E-state index in [0.29, 0.717) is 6.42 Å². The highest BCUT2D eigenvalue weighted by molar-refractivity contribution is 8.01. The first-order valence-electron chi connectivity index (χ1n) is 7.85. The van der Waals surface area contributed by atoms with E-state index in [0.717, 1.165) is 9.77 Å². The number of thiophene rings is 1. The Balaban J connectivity index is 2.09. The van der Waals surface area contributed by atoms with Gasteiger partial charge in [0.25, 0.3) is 5.69 Å². The number of para-hydroxylation sites is 1. The van der Waals surface area contributed by atoms with Crippen LogP contribution < -0.4 is 0 Å². The zero-order valence-electron chi connectivity index (χ0n) is 13.8. The van der Waals surface area contributed by atoms with Crippen LogP contribution in [0.5, 0.6) is 0 Å². The first-order chi connectivity index (χ1) is 11.9. The van der Waals surface area contributed by atoms with Gasteiger partial charge in [0, 0.05) is 17.9 Å². The number of nitro benzene ring substituents is 1. The molecule has 0 radical (unpaired) electrons. The Labute approximate surface area is 155 Å². The lowest BCUT2D eigenvalue weighted by Gasteiger charge is -2.34. The summed E-state index contributed by atoms with van der Waals surface area (Å²) in [6.45, 7) is 4.10. The van der Waals surface area contributed by atoms with Crippen LogP contribution in [0.3, 0.4) is 0 Å². The summed E-state index contributed by atoms with van der Waals surface area (Å²) in [6, 6.07) is 7.20. The third-order valence-electron chi connectivity index (χ3n) is 4.19. The van der Waals surface area contributed by atoms with Crippen molar-refractivity contribution in [3.8, 4) is 0 Å². The first kappa shape index (κ1) is 18.4. The molecule has 0 fully saturated rings. The van der Waals surface area contributed by atoms with Crippen LogP contribution in [0.1, 0.15) is 31.9 Å². The molecule has 0 aliphatic carbocycles. The molecule has 0 N–H and O–H groups in total. The van der Waals surface area contributed by atoms with Gasteiger partial charge in [0.2, 0.25) is 10.0 Å². The fourth-order valence-electron chi connectivity index (χ4n) is 3.10. The van der Waals surface area contributed by atoms with Crippen molar-refractivity contribution in [3.05, 3.63) is 51.4 Å². The molecule has 1 aliphatic heterocycles. The van der Waals surface area contributed by atoms with E-state index >= 15 is 0 Å². The molecule has 6 nitrogen and oxygen atoms in total. The van der Waals surface area contributed by atoms with Gasteiger partial charge in [-0.05, 0) is 29.5 Å². The molecular formula is C16H18N2O4S3. The fraction of sp³-hybridized carbons (Fsp3) is 0.375. The molecule has 9 heteroatoms. The van der Waals surface area contributed by atoms with Crippen molar-refractivity contribution in [1.82, 2.24) is 4.31 Å². The number of benzene rings is 1. The number of hydrogen-bond donors (Lipinski definition) is 0. The quantitative estimate of drug-likeness (QED) is 0.554. The Bertz CT molecular complexity index is 894. The van der Waals surface area contributed by atoms with Crippen molar-refractivity contribution < 1.29 is 13.3 Å². The second-order valence-electron chi connectivity index (χ2n) is 5.78. The first-order valence-corrected chi connectivity index (χ1v) is 11.1. The molecule has 1 aromatic heterocycles. The monoisotopic (exact) mass is 398 g/mol. The summed E-state index contributed by atoms with van der Waals surface area (Å²) in [7, 11) is -3.98. The highest BCUT2D eigenvalue weighted by Gasteiger charge is 2.39. The van der Waals surface area contributed by atoms with E-state index in [4.69, 9.17) is 0 Å². The molecule has 134 valence electrons. The maximum Gasteiger partial charge on any atom is 0.289 e. The van der Waals surface area contributed by atoms with Crippen molar-refractivity contribution in [1.29, 1.82) is 0 Å². The number of hydrogen-bond acceptors (Lipinski definition) is 6. The van der Waals surface area contributed by atoms with Gasteiger partial charge < -0.3 is 0 Å². The van der Waals surface area contributed by atoms with Crippen molar-refractivity contribution in [2.24, 2.45) is 0 Å². The Kier molecular flexibility index (Phi) is 5.19. The normalized spacial score (nSPS) is 20.4. The maximum atomic E-state index is 13.2. The summed E-state index contributed by atoms with van der Waals surface area (Å²) in [5, 5.41) is 13.5. The highest BCUT2D eigenvalue weighted by Crippen LogP contribution is 2.47. The van der Waals surface area contributed by atoms with Gasteiger partial charge in [0.1, 0.15) is 0 Å². The third kappa shape index (κ3) is 3.33. The number of nitro groups is 1. The molecule has 1 aromatic carbocycles. The second kappa shape index (κ2) is 7.06. The van der Waals surface area contributed by atoms with Crippen LogP contribution in [0.25, 0.3) is 0 Å². The van der Waals surface area contributed by atoms with E-state index in [1.807, 2.05) is 11.4 Å². The van der Waals surface area contributed by atoms with Crippen LogP contribution in [0.15, 0.2) is 44.8 Å². The molecule has 2 aromatic rings. The molecule has 0 amide bonds. The molecule has 2 heterocycles. The minimum absolute atomic E-state index is 0.246. The van der Waals surface area contributed by atoms with Gasteiger partial charge in [-0.3, -0.25) is 10.1 Å². The molecule has 0 bridgehead atoms. The Morgan fingerprint density at radius 2 is 2.04 bits per heavy atom. The summed E-state index contributed by atoms with van der Waals surface area (Å²) in [5.41, 5.74) is 0.613. The van der Waals surface area contributed by atoms with Crippen molar-refractivity contribution in [3.63, 3.8) is 0 Å². The van der Waals surface area contributed by atoms with Gasteiger partial charge in [0.05, 0.1) is 15.2 Å². The van der Waals surface area contributed by atoms with E-state index in [1.165, 1.54) is 28.6 Å². The predicted molar refractivity (Wildman–Crippen MR) is 99.7 cm³/mol. The SMILES string of the molecule is CCN(C1CC(C)Sc2sccc21)S(=O)(=O)c1ccccc1[N+](=O)[O-]. The minimum Gasteiger partial charge on any atom is -0.258 e. The van der Waals surface area contributed by atoms with Crippen LogP contribution in [0, 0.1) is 10.1 Å². The maximum absolute atomic E-state index is 13.2. The highest BCUT2D eigenvalue weighted by atomic mass is 32.2. The van der Waals surface area contributed by atoms with Crippen LogP contribution >= 0.6 is 23.1 Å². The molecule has 0 spiro atoms. The minimum atomic E-state index is -3.98. The van der Waals surface area contributed by atoms with Gasteiger partial charge >= 0.3 is 0 Å². The number of rotatable bonds is 5. The lowest BCUT2D eigenvalue weighted by Crippen LogP contribution is -2.37. The zero-order chi connectivity index (χ0) is 18.2. The molecule has 25 heavy (non-hydrogen) atoms. The van der Waals surface area contributed by atoms with Crippen LogP contribution in [-0.4, -0.2) is 29.4 Å². The van der Waals surface area contributed by atoms with Gasteiger partial charge in [-0.15, -0.1) is 23.1 Å². The standard InChI is InChI=1S/C16H18N2O4S3/c1-3-17(14-10-11(2)24-16-12(14)8-9-23-16)25(21,22)15-7-5-4-6-13(15)18(19)20/h4-9,11,14H,3,10H2,1-2H3. The Hall–Kier alpha value is -1.42. The summed E-state index contributed by atoms with van der Waals surface area (Å²) in [4.78, 5) is 10.4. The molecule has 2 unspecified atom stereocenters. The van der Waals surface area contributed by atoms with Gasteiger partial charge in [-0.25, -0.2) is 8.42 Å². The van der Waals surface area contributed by atoms with E-state index in [1.54, 1.807) is 30.0 Å². The third-order valence-corrected chi connectivity index (χ3v) is 8.56. The van der Waals surface area contributed by atoms with E-state index < -0.39 is 14.9 Å². The lowest BCUT2D eigenvalue weighted by atomic mass is 10.1. The molecular weight excluding hydrogens is 380 g/mol. The smallest absolute Gasteiger partial charge is 0.258 e. The van der Waals surface area contributed by atoms with Gasteiger partial charge in [-0.1, -0.05) is 26.0 Å². The second-order valence-corrected chi connectivity index (χ2v) is 10.3. The average Bonchev–Trinajstić information content (AvgIpc) is 3.03. The van der Waals surface area contributed by atoms with E-state index in [9.17, 15) is 18.5 Å². The van der Waals surface area contributed by atoms with Crippen molar-refractivity contribution >= 4 is 38.8 Å². The number of fused-ring (bicyclic) bond motifs is 1. The van der Waals surface area contributed by atoms with E-state index in [-0.39, 0.29) is 28.4 Å². The van der Waals surface area contributed by atoms with Gasteiger partial charge in [-0.2, -0.15) is 4.31 Å². The van der Waals surface area contributed by atoms with Crippen LogP contribution in [0.2, 0.25) is 0 Å².